The van der Waals surface area contributed by atoms with Crippen LogP contribution in [-0.4, -0.2) is 31.4 Å². The van der Waals surface area contributed by atoms with Crippen LogP contribution >= 0.6 is 0 Å². The standard InChI is InChI=1S/C31H33N5O2/c1-31(2,3)38-30(37)33-27(19-24-20-32-26-17-11-10-16-25(24)26)29-35-34-28(18-22-12-6-4-7-13-22)36(29)21-23-14-8-5-9-15-23/h4-17,20,27,32H,18-19,21H2,1-3H3,(H,33,37)/t27-/m1/s1. The summed E-state index contributed by atoms with van der Waals surface area (Å²) in [5.74, 6) is 1.53. The van der Waals surface area contributed by atoms with Crippen LogP contribution in [0.15, 0.2) is 91.1 Å². The number of amides is 1. The van der Waals surface area contributed by atoms with Gasteiger partial charge in [0.1, 0.15) is 11.4 Å². The first-order valence-corrected chi connectivity index (χ1v) is 12.9. The molecule has 38 heavy (non-hydrogen) atoms. The Labute approximate surface area is 222 Å². The van der Waals surface area contributed by atoms with E-state index >= 15 is 0 Å². The smallest absolute Gasteiger partial charge is 0.408 e. The van der Waals surface area contributed by atoms with Crippen molar-refractivity contribution in [3.8, 4) is 0 Å². The van der Waals surface area contributed by atoms with Crippen LogP contribution in [-0.2, 0) is 24.1 Å². The number of carbonyl (C=O) groups is 1. The number of hydrogen-bond donors (Lipinski definition) is 2. The minimum absolute atomic E-state index is 0.454. The van der Waals surface area contributed by atoms with Gasteiger partial charge in [0.25, 0.3) is 0 Å². The Morgan fingerprint density at radius 2 is 1.58 bits per heavy atom. The Morgan fingerprint density at radius 1 is 0.921 bits per heavy atom. The number of nitrogens with zero attached hydrogens (tertiary/aromatic N) is 3. The molecule has 3 aromatic carbocycles. The Balaban J connectivity index is 1.55. The molecule has 194 valence electrons. The first kappa shape index (κ1) is 25.3. The lowest BCUT2D eigenvalue weighted by molar-refractivity contribution is 0.0500. The molecule has 0 aliphatic heterocycles. The van der Waals surface area contributed by atoms with Crippen molar-refractivity contribution < 1.29 is 9.53 Å². The highest BCUT2D eigenvalue weighted by molar-refractivity contribution is 5.83. The third-order valence-electron chi connectivity index (χ3n) is 6.35. The van der Waals surface area contributed by atoms with E-state index in [-0.39, 0.29) is 0 Å². The number of hydrogen-bond acceptors (Lipinski definition) is 4. The van der Waals surface area contributed by atoms with Gasteiger partial charge in [-0.05, 0) is 43.5 Å². The average molecular weight is 508 g/mol. The lowest BCUT2D eigenvalue weighted by atomic mass is 10.0. The maximum atomic E-state index is 13.0. The number of benzene rings is 3. The molecule has 0 saturated carbocycles. The molecule has 0 bridgehead atoms. The molecule has 7 heteroatoms. The van der Waals surface area contributed by atoms with E-state index in [4.69, 9.17) is 4.74 Å². The second kappa shape index (κ2) is 10.9. The number of para-hydroxylation sites is 1. The van der Waals surface area contributed by atoms with Crippen molar-refractivity contribution in [2.75, 3.05) is 0 Å². The SMILES string of the molecule is CC(C)(C)OC(=O)N[C@H](Cc1c[nH]c2ccccc12)c1nnc(Cc2ccccc2)n1Cc1ccccc1. The highest BCUT2D eigenvalue weighted by Gasteiger charge is 2.27. The molecule has 5 rings (SSSR count). The van der Waals surface area contributed by atoms with Crippen LogP contribution < -0.4 is 5.32 Å². The molecule has 2 N–H and O–H groups in total. The summed E-state index contributed by atoms with van der Waals surface area (Å²) >= 11 is 0. The van der Waals surface area contributed by atoms with E-state index in [1.807, 2.05) is 81.6 Å². The summed E-state index contributed by atoms with van der Waals surface area (Å²) in [6, 6.07) is 28.2. The van der Waals surface area contributed by atoms with Crippen LogP contribution in [0.25, 0.3) is 10.9 Å². The fourth-order valence-electron chi connectivity index (χ4n) is 4.63. The van der Waals surface area contributed by atoms with Crippen molar-refractivity contribution in [1.82, 2.24) is 25.1 Å². The van der Waals surface area contributed by atoms with E-state index < -0.39 is 17.7 Å². The summed E-state index contributed by atoms with van der Waals surface area (Å²) in [5.41, 5.74) is 3.79. The van der Waals surface area contributed by atoms with Gasteiger partial charge in [0.2, 0.25) is 0 Å². The van der Waals surface area contributed by atoms with E-state index in [1.54, 1.807) is 0 Å². The summed E-state index contributed by atoms with van der Waals surface area (Å²) in [6.45, 7) is 6.16. The summed E-state index contributed by atoms with van der Waals surface area (Å²) < 4.78 is 7.77. The van der Waals surface area contributed by atoms with Gasteiger partial charge in [0, 0.05) is 29.9 Å². The van der Waals surface area contributed by atoms with Crippen LogP contribution in [0.3, 0.4) is 0 Å². The molecular formula is C31H33N5O2. The number of alkyl carbamates (subject to hydrolysis) is 1. The minimum Gasteiger partial charge on any atom is -0.444 e. The Kier molecular flexibility index (Phi) is 7.26. The first-order valence-electron chi connectivity index (χ1n) is 12.9. The molecule has 7 nitrogen and oxygen atoms in total. The van der Waals surface area contributed by atoms with Crippen molar-refractivity contribution in [2.24, 2.45) is 0 Å². The second-order valence-electron chi connectivity index (χ2n) is 10.5. The van der Waals surface area contributed by atoms with Gasteiger partial charge in [-0.3, -0.25) is 0 Å². The highest BCUT2D eigenvalue weighted by atomic mass is 16.6. The van der Waals surface area contributed by atoms with Gasteiger partial charge in [-0.15, -0.1) is 10.2 Å². The maximum Gasteiger partial charge on any atom is 0.408 e. The largest absolute Gasteiger partial charge is 0.444 e. The number of ether oxygens (including phenoxy) is 1. The summed E-state index contributed by atoms with van der Waals surface area (Å²) in [7, 11) is 0. The summed E-state index contributed by atoms with van der Waals surface area (Å²) in [4.78, 5) is 16.3. The summed E-state index contributed by atoms with van der Waals surface area (Å²) in [5, 5.41) is 13.5. The number of fused-ring (bicyclic) bond motifs is 1. The van der Waals surface area contributed by atoms with E-state index in [2.05, 4.69) is 55.4 Å². The molecule has 0 saturated heterocycles. The van der Waals surface area contributed by atoms with Crippen molar-refractivity contribution in [3.63, 3.8) is 0 Å². The minimum atomic E-state index is -0.619. The number of rotatable bonds is 8. The molecular weight excluding hydrogens is 474 g/mol. The number of nitrogens with one attached hydrogen (secondary N) is 2. The zero-order valence-electron chi connectivity index (χ0n) is 22.0. The maximum absolute atomic E-state index is 13.0. The fraction of sp³-hybridized carbons (Fsp3) is 0.258. The molecule has 5 aromatic rings. The van der Waals surface area contributed by atoms with Gasteiger partial charge in [-0.25, -0.2) is 4.79 Å². The lowest BCUT2D eigenvalue weighted by Crippen LogP contribution is -2.37. The fourth-order valence-corrected chi connectivity index (χ4v) is 4.63. The quantitative estimate of drug-likeness (QED) is 0.262. The van der Waals surface area contributed by atoms with Gasteiger partial charge in [-0.1, -0.05) is 78.9 Å². The summed E-state index contributed by atoms with van der Waals surface area (Å²) in [6.07, 6.45) is 2.67. The molecule has 2 aromatic heterocycles. The highest BCUT2D eigenvalue weighted by Crippen LogP contribution is 2.26. The molecule has 0 aliphatic carbocycles. The van der Waals surface area contributed by atoms with E-state index in [0.29, 0.717) is 25.2 Å². The molecule has 1 atom stereocenters. The van der Waals surface area contributed by atoms with E-state index in [0.717, 1.165) is 33.4 Å². The monoisotopic (exact) mass is 507 g/mol. The van der Waals surface area contributed by atoms with Gasteiger partial charge in [-0.2, -0.15) is 0 Å². The zero-order valence-corrected chi connectivity index (χ0v) is 22.0. The molecule has 1 amide bonds. The van der Waals surface area contributed by atoms with Crippen molar-refractivity contribution in [2.45, 2.75) is 51.8 Å². The van der Waals surface area contributed by atoms with Gasteiger partial charge in [0.05, 0.1) is 12.6 Å². The Bertz CT molecular complexity index is 1500. The zero-order chi connectivity index (χ0) is 26.5. The Morgan fingerprint density at radius 3 is 2.29 bits per heavy atom. The third-order valence-corrected chi connectivity index (χ3v) is 6.35. The van der Waals surface area contributed by atoms with Gasteiger partial charge in [0.15, 0.2) is 5.82 Å². The molecule has 0 spiro atoms. The van der Waals surface area contributed by atoms with Gasteiger partial charge < -0.3 is 19.6 Å². The van der Waals surface area contributed by atoms with Crippen LogP contribution in [0, 0.1) is 0 Å². The topological polar surface area (TPSA) is 84.8 Å². The first-order chi connectivity index (χ1) is 18.4. The third kappa shape index (κ3) is 6.11. The molecule has 2 heterocycles. The van der Waals surface area contributed by atoms with Crippen molar-refractivity contribution in [3.05, 3.63) is 119 Å². The number of carbonyl (C=O) groups excluding carboxylic acids is 1. The predicted molar refractivity (Wildman–Crippen MR) is 149 cm³/mol. The normalized spacial score (nSPS) is 12.4. The van der Waals surface area contributed by atoms with Crippen molar-refractivity contribution >= 4 is 17.0 Å². The van der Waals surface area contributed by atoms with Crippen LogP contribution in [0.1, 0.15) is 55.2 Å². The number of aromatic amines is 1. The van der Waals surface area contributed by atoms with E-state index in [9.17, 15) is 4.79 Å². The second-order valence-corrected chi connectivity index (χ2v) is 10.5. The van der Waals surface area contributed by atoms with Crippen molar-refractivity contribution in [1.29, 1.82) is 0 Å². The number of aromatic nitrogens is 4. The predicted octanol–water partition coefficient (Wildman–Crippen LogP) is 6.21. The molecule has 0 radical (unpaired) electrons. The van der Waals surface area contributed by atoms with E-state index in [1.165, 1.54) is 0 Å². The molecule has 0 unspecified atom stereocenters. The number of H-pyrrole nitrogens is 1. The average Bonchev–Trinajstić information content (AvgIpc) is 3.48. The van der Waals surface area contributed by atoms with Crippen LogP contribution in [0.4, 0.5) is 4.79 Å². The Hall–Kier alpha value is -4.39. The molecule has 0 fully saturated rings. The van der Waals surface area contributed by atoms with Crippen LogP contribution in [0.5, 0.6) is 0 Å². The van der Waals surface area contributed by atoms with Crippen LogP contribution in [0.2, 0.25) is 0 Å². The molecule has 0 aliphatic rings. The van der Waals surface area contributed by atoms with Gasteiger partial charge >= 0.3 is 6.09 Å². The lowest BCUT2D eigenvalue weighted by Gasteiger charge is -2.24.